The van der Waals surface area contributed by atoms with Crippen molar-refractivity contribution in [3.05, 3.63) is 121 Å². The lowest BCUT2D eigenvalue weighted by molar-refractivity contribution is 1.46. The van der Waals surface area contributed by atoms with Gasteiger partial charge in [-0.3, -0.25) is 0 Å². The molecular formula is C25H22. The summed E-state index contributed by atoms with van der Waals surface area (Å²) in [5, 5.41) is 0. The molecular weight excluding hydrogens is 300 g/mol. The van der Waals surface area contributed by atoms with Crippen LogP contribution in [0.4, 0.5) is 0 Å². The highest BCUT2D eigenvalue weighted by atomic mass is 14.2. The molecule has 0 heterocycles. The highest BCUT2D eigenvalue weighted by molar-refractivity contribution is 6.00. The van der Waals surface area contributed by atoms with Crippen molar-refractivity contribution in [2.45, 2.75) is 6.92 Å². The molecule has 0 saturated carbocycles. The van der Waals surface area contributed by atoms with Crippen molar-refractivity contribution in [3.63, 3.8) is 0 Å². The Kier molecular flexibility index (Phi) is 4.81. The third kappa shape index (κ3) is 2.77. The number of rotatable bonds is 4. The summed E-state index contributed by atoms with van der Waals surface area (Å²) in [5.74, 6) is 0. The maximum Gasteiger partial charge on any atom is -0.00990 e. The van der Waals surface area contributed by atoms with Crippen molar-refractivity contribution in [2.75, 3.05) is 0 Å². The van der Waals surface area contributed by atoms with Crippen molar-refractivity contribution in [1.29, 1.82) is 0 Å². The van der Waals surface area contributed by atoms with Crippen molar-refractivity contribution in [3.8, 4) is 11.1 Å². The van der Waals surface area contributed by atoms with Crippen LogP contribution in [0.2, 0.25) is 0 Å². The second-order valence-corrected chi connectivity index (χ2v) is 5.86. The number of fused-ring (bicyclic) bond motifs is 3. The Morgan fingerprint density at radius 3 is 1.40 bits per heavy atom. The van der Waals surface area contributed by atoms with Gasteiger partial charge in [-0.1, -0.05) is 98.6 Å². The lowest BCUT2D eigenvalue weighted by Gasteiger charge is -2.23. The molecule has 2 aromatic carbocycles. The van der Waals surface area contributed by atoms with E-state index in [1.54, 1.807) is 0 Å². The molecule has 1 aliphatic carbocycles. The van der Waals surface area contributed by atoms with Crippen LogP contribution in [0.5, 0.6) is 0 Å². The Labute approximate surface area is 150 Å². The molecule has 0 N–H and O–H groups in total. The highest BCUT2D eigenvalue weighted by Gasteiger charge is 2.20. The summed E-state index contributed by atoms with van der Waals surface area (Å²) in [7, 11) is 0. The van der Waals surface area contributed by atoms with Gasteiger partial charge in [0.05, 0.1) is 0 Å². The maximum absolute atomic E-state index is 4.08. The van der Waals surface area contributed by atoms with Gasteiger partial charge in [0.2, 0.25) is 0 Å². The zero-order chi connectivity index (χ0) is 17.8. The first-order valence-electron chi connectivity index (χ1n) is 8.44. The van der Waals surface area contributed by atoms with Gasteiger partial charge in [-0.15, -0.1) is 0 Å². The topological polar surface area (TPSA) is 0 Å². The summed E-state index contributed by atoms with van der Waals surface area (Å²) in [5.41, 5.74) is 9.15. The average Bonchev–Trinajstić information content (AvgIpc) is 2.66. The Hall–Kier alpha value is -3.12. The fourth-order valence-corrected chi connectivity index (χ4v) is 3.49. The van der Waals surface area contributed by atoms with Crippen molar-refractivity contribution in [1.82, 2.24) is 0 Å². The molecule has 1 aliphatic rings. The van der Waals surface area contributed by atoms with Crippen LogP contribution in [0.25, 0.3) is 22.3 Å². The van der Waals surface area contributed by atoms with Crippen LogP contribution in [0.15, 0.2) is 110 Å². The van der Waals surface area contributed by atoms with E-state index in [0.717, 1.165) is 22.3 Å². The molecule has 0 fully saturated rings. The van der Waals surface area contributed by atoms with Crippen LogP contribution >= 0.6 is 0 Å². The number of hydrogen-bond acceptors (Lipinski definition) is 0. The quantitative estimate of drug-likeness (QED) is 0.568. The Bertz CT molecular complexity index is 946. The summed E-state index contributed by atoms with van der Waals surface area (Å²) in [6.45, 7) is 14.2. The first-order valence-corrected chi connectivity index (χ1v) is 8.44. The van der Waals surface area contributed by atoms with E-state index in [1.807, 2.05) is 25.2 Å². The van der Waals surface area contributed by atoms with E-state index in [0.29, 0.717) is 0 Å². The standard InChI is InChI=1S/C25H22/c1-5-13-21-19(7-3)18(6-2)20(8-4)22-14-9-10-16-24(22)25-17-12-11-15-23(21)25/h5-17H,2-4H2,1H3/b13-5-,19-18?,20-18-,21-19-,22-20?,23-21?,25-24?. The molecule has 0 aliphatic heterocycles. The van der Waals surface area contributed by atoms with Crippen LogP contribution in [-0.4, -0.2) is 0 Å². The summed E-state index contributed by atoms with van der Waals surface area (Å²) >= 11 is 0. The summed E-state index contributed by atoms with van der Waals surface area (Å²) in [6, 6.07) is 17.0. The van der Waals surface area contributed by atoms with Gasteiger partial charge >= 0.3 is 0 Å². The van der Waals surface area contributed by atoms with Crippen LogP contribution in [0.1, 0.15) is 18.1 Å². The van der Waals surface area contributed by atoms with Crippen LogP contribution in [-0.2, 0) is 0 Å². The van der Waals surface area contributed by atoms with E-state index in [9.17, 15) is 0 Å². The van der Waals surface area contributed by atoms with Crippen LogP contribution in [0.3, 0.4) is 0 Å². The molecule has 0 spiro atoms. The van der Waals surface area contributed by atoms with Crippen molar-refractivity contribution in [2.24, 2.45) is 0 Å². The molecule has 0 aromatic heterocycles. The third-order valence-electron chi connectivity index (χ3n) is 4.54. The monoisotopic (exact) mass is 322 g/mol. The van der Waals surface area contributed by atoms with Crippen molar-refractivity contribution < 1.29 is 0 Å². The normalized spacial score (nSPS) is 19.6. The highest BCUT2D eigenvalue weighted by Crippen LogP contribution is 2.42. The van der Waals surface area contributed by atoms with Gasteiger partial charge in [-0.2, -0.15) is 0 Å². The summed E-state index contributed by atoms with van der Waals surface area (Å²) < 4.78 is 0. The summed E-state index contributed by atoms with van der Waals surface area (Å²) in [4.78, 5) is 0. The van der Waals surface area contributed by atoms with Crippen LogP contribution in [0, 0.1) is 0 Å². The van der Waals surface area contributed by atoms with Gasteiger partial charge in [0, 0.05) is 0 Å². The fourth-order valence-electron chi connectivity index (χ4n) is 3.49. The largest absolute Gasteiger partial charge is 0.0984 e. The second-order valence-electron chi connectivity index (χ2n) is 5.86. The SMILES string of the molecule is C=CC1=C(\C=C)c2ccccc2-c2ccccc2C(/C=C\C)=C\1C=C. The zero-order valence-electron chi connectivity index (χ0n) is 14.6. The predicted molar refractivity (Wildman–Crippen MR) is 111 cm³/mol. The van der Waals surface area contributed by atoms with Gasteiger partial charge in [-0.05, 0) is 51.5 Å². The minimum atomic E-state index is 1.06. The van der Waals surface area contributed by atoms with E-state index < -0.39 is 0 Å². The number of benzene rings is 2. The van der Waals surface area contributed by atoms with E-state index in [1.165, 1.54) is 22.3 Å². The smallest absolute Gasteiger partial charge is 0.00990 e. The summed E-state index contributed by atoms with van der Waals surface area (Å²) in [6.07, 6.45) is 9.95. The molecule has 25 heavy (non-hydrogen) atoms. The fraction of sp³-hybridized carbons (Fsp3) is 0.0400. The minimum Gasteiger partial charge on any atom is -0.0984 e. The minimum absolute atomic E-state index is 1.06. The van der Waals surface area contributed by atoms with Gasteiger partial charge < -0.3 is 0 Å². The van der Waals surface area contributed by atoms with Gasteiger partial charge in [0.15, 0.2) is 0 Å². The zero-order valence-corrected chi connectivity index (χ0v) is 14.6. The van der Waals surface area contributed by atoms with Gasteiger partial charge in [0.1, 0.15) is 0 Å². The molecule has 0 nitrogen and oxygen atoms in total. The van der Waals surface area contributed by atoms with E-state index in [4.69, 9.17) is 0 Å². The van der Waals surface area contributed by atoms with Gasteiger partial charge in [-0.25, -0.2) is 0 Å². The average molecular weight is 322 g/mol. The number of allylic oxidation sites excluding steroid dienone is 9. The second kappa shape index (κ2) is 7.19. The van der Waals surface area contributed by atoms with Crippen molar-refractivity contribution >= 4 is 11.1 Å². The molecule has 0 atom stereocenters. The van der Waals surface area contributed by atoms with Crippen LogP contribution < -0.4 is 0 Å². The Morgan fingerprint density at radius 1 is 0.560 bits per heavy atom. The lowest BCUT2D eigenvalue weighted by Crippen LogP contribution is -2.01. The third-order valence-corrected chi connectivity index (χ3v) is 4.54. The first kappa shape index (κ1) is 16.7. The Balaban J connectivity index is 2.59. The van der Waals surface area contributed by atoms with E-state index in [2.05, 4.69) is 80.4 Å². The molecule has 0 unspecified atom stereocenters. The molecule has 2 aromatic rings. The molecule has 3 rings (SSSR count). The van der Waals surface area contributed by atoms with E-state index >= 15 is 0 Å². The predicted octanol–water partition coefficient (Wildman–Crippen LogP) is 7.01. The van der Waals surface area contributed by atoms with E-state index in [-0.39, 0.29) is 0 Å². The Morgan fingerprint density at radius 2 is 0.960 bits per heavy atom. The molecule has 0 saturated heterocycles. The molecule has 0 amide bonds. The molecule has 0 heteroatoms. The maximum atomic E-state index is 4.08. The molecule has 122 valence electrons. The first-order chi connectivity index (χ1) is 12.3. The number of hydrogen-bond donors (Lipinski definition) is 0. The molecule has 0 radical (unpaired) electrons. The molecule has 0 bridgehead atoms. The lowest BCUT2D eigenvalue weighted by atomic mass is 9.80. The van der Waals surface area contributed by atoms with Gasteiger partial charge in [0.25, 0.3) is 0 Å².